The third kappa shape index (κ3) is 2.64. The molecule has 0 bridgehead atoms. The molecule has 102 valence electrons. The minimum Gasteiger partial charge on any atom is -0.410 e. The number of carbonyl (C=O) groups excluding carboxylic acids is 2. The van der Waals surface area contributed by atoms with Crippen LogP contribution in [0.4, 0.5) is 4.79 Å². The van der Waals surface area contributed by atoms with Crippen LogP contribution in [0.15, 0.2) is 42.5 Å². The predicted octanol–water partition coefficient (Wildman–Crippen LogP) is 3.00. The summed E-state index contributed by atoms with van der Waals surface area (Å²) in [6, 6.07) is 13.5. The zero-order chi connectivity index (χ0) is 13.9. The Balaban J connectivity index is 1.72. The molecule has 3 rings (SSSR count). The average molecular weight is 269 g/mol. The van der Waals surface area contributed by atoms with Crippen LogP contribution in [-0.2, 0) is 4.79 Å². The number of ketones is 1. The monoisotopic (exact) mass is 269 g/mol. The van der Waals surface area contributed by atoms with Crippen LogP contribution in [0.2, 0.25) is 0 Å². The number of amides is 1. The van der Waals surface area contributed by atoms with Crippen LogP contribution >= 0.6 is 0 Å². The number of likely N-dealkylation sites (tertiary alicyclic amines) is 1. The maximum atomic E-state index is 12.0. The van der Waals surface area contributed by atoms with E-state index in [2.05, 4.69) is 0 Å². The van der Waals surface area contributed by atoms with Crippen LogP contribution in [0.5, 0.6) is 5.75 Å². The van der Waals surface area contributed by atoms with Crippen LogP contribution in [0.25, 0.3) is 10.8 Å². The lowest BCUT2D eigenvalue weighted by atomic mass is 10.1. The molecule has 1 aliphatic heterocycles. The van der Waals surface area contributed by atoms with E-state index >= 15 is 0 Å². The van der Waals surface area contributed by atoms with Crippen LogP contribution in [-0.4, -0.2) is 29.9 Å². The molecule has 0 saturated carbocycles. The van der Waals surface area contributed by atoms with E-state index < -0.39 is 0 Å². The van der Waals surface area contributed by atoms with E-state index in [9.17, 15) is 9.59 Å². The fourth-order valence-electron chi connectivity index (χ4n) is 2.33. The molecule has 4 heteroatoms. The Bertz CT molecular complexity index is 656. The van der Waals surface area contributed by atoms with Gasteiger partial charge < -0.3 is 9.64 Å². The van der Waals surface area contributed by atoms with Gasteiger partial charge in [-0.3, -0.25) is 4.79 Å². The normalized spacial score (nSPS) is 15.4. The highest BCUT2D eigenvalue weighted by molar-refractivity contribution is 5.85. The summed E-state index contributed by atoms with van der Waals surface area (Å²) in [6.45, 7) is 0.899. The molecule has 0 atom stereocenters. The van der Waals surface area contributed by atoms with Crippen molar-refractivity contribution >= 4 is 22.6 Å². The number of nitrogens with zero attached hydrogens (tertiary/aromatic N) is 1. The Kier molecular flexibility index (Phi) is 3.37. The van der Waals surface area contributed by atoms with Crippen LogP contribution in [0.3, 0.4) is 0 Å². The summed E-state index contributed by atoms with van der Waals surface area (Å²) in [5.41, 5.74) is 0. The first kappa shape index (κ1) is 12.7. The largest absolute Gasteiger partial charge is 0.415 e. The smallest absolute Gasteiger partial charge is 0.410 e. The quantitative estimate of drug-likeness (QED) is 0.799. The number of hydrogen-bond acceptors (Lipinski definition) is 3. The second-order valence-electron chi connectivity index (χ2n) is 4.90. The van der Waals surface area contributed by atoms with E-state index in [4.69, 9.17) is 4.74 Å². The second kappa shape index (κ2) is 5.33. The zero-order valence-electron chi connectivity index (χ0n) is 11.0. The fraction of sp³-hybridized carbons (Fsp3) is 0.250. The number of benzene rings is 2. The minimum atomic E-state index is -0.382. The zero-order valence-corrected chi connectivity index (χ0v) is 11.0. The molecule has 0 spiro atoms. The van der Waals surface area contributed by atoms with Gasteiger partial charge in [0.25, 0.3) is 0 Å². The molecule has 1 amide bonds. The molecular weight excluding hydrogens is 254 g/mol. The minimum absolute atomic E-state index is 0.208. The van der Waals surface area contributed by atoms with Crippen molar-refractivity contribution in [3.05, 3.63) is 42.5 Å². The number of Topliss-reactive ketones (excluding diaryl/α,β-unsaturated/α-hetero) is 1. The molecule has 1 saturated heterocycles. The van der Waals surface area contributed by atoms with E-state index in [-0.39, 0.29) is 11.9 Å². The Morgan fingerprint density at radius 1 is 1.00 bits per heavy atom. The third-order valence-corrected chi connectivity index (χ3v) is 3.51. The summed E-state index contributed by atoms with van der Waals surface area (Å²) >= 11 is 0. The van der Waals surface area contributed by atoms with Gasteiger partial charge in [0, 0.05) is 25.9 Å². The van der Waals surface area contributed by atoms with E-state index in [1.807, 2.05) is 36.4 Å². The molecule has 0 aliphatic carbocycles. The fourth-order valence-corrected chi connectivity index (χ4v) is 2.33. The third-order valence-electron chi connectivity index (χ3n) is 3.51. The second-order valence-corrected chi connectivity index (χ2v) is 4.90. The Hall–Kier alpha value is -2.36. The molecule has 0 unspecified atom stereocenters. The molecule has 4 nitrogen and oxygen atoms in total. The van der Waals surface area contributed by atoms with Gasteiger partial charge in [-0.1, -0.05) is 30.3 Å². The average Bonchev–Trinajstić information content (AvgIpc) is 2.48. The maximum Gasteiger partial charge on any atom is 0.415 e. The number of carbonyl (C=O) groups is 2. The van der Waals surface area contributed by atoms with Crippen LogP contribution < -0.4 is 4.74 Å². The molecule has 0 aromatic heterocycles. The van der Waals surface area contributed by atoms with Crippen molar-refractivity contribution in [1.82, 2.24) is 4.90 Å². The molecule has 2 aromatic carbocycles. The highest BCUT2D eigenvalue weighted by Gasteiger charge is 2.22. The summed E-state index contributed by atoms with van der Waals surface area (Å²) < 4.78 is 5.37. The van der Waals surface area contributed by atoms with E-state index in [1.54, 1.807) is 11.0 Å². The van der Waals surface area contributed by atoms with Crippen LogP contribution in [0, 0.1) is 0 Å². The molecule has 1 heterocycles. The Morgan fingerprint density at radius 3 is 2.45 bits per heavy atom. The Morgan fingerprint density at radius 2 is 1.70 bits per heavy atom. The highest BCUT2D eigenvalue weighted by Crippen LogP contribution is 2.21. The number of ether oxygens (including phenoxy) is 1. The SMILES string of the molecule is O=C1CCN(C(=O)Oc2ccc3ccccc3c2)CC1. The van der Waals surface area contributed by atoms with Crippen molar-refractivity contribution in [3.63, 3.8) is 0 Å². The number of rotatable bonds is 1. The van der Waals surface area contributed by atoms with Crippen molar-refractivity contribution in [1.29, 1.82) is 0 Å². The lowest BCUT2D eigenvalue weighted by Crippen LogP contribution is -2.40. The number of piperidine rings is 1. The van der Waals surface area contributed by atoms with Gasteiger partial charge in [-0.25, -0.2) is 4.79 Å². The summed E-state index contributed by atoms with van der Waals surface area (Å²) in [6.07, 6.45) is 0.465. The van der Waals surface area contributed by atoms with Gasteiger partial charge in [-0.15, -0.1) is 0 Å². The number of hydrogen-bond donors (Lipinski definition) is 0. The lowest BCUT2D eigenvalue weighted by Gasteiger charge is -2.25. The number of fused-ring (bicyclic) bond motifs is 1. The van der Waals surface area contributed by atoms with Crippen molar-refractivity contribution in [3.8, 4) is 5.75 Å². The predicted molar refractivity (Wildman–Crippen MR) is 75.8 cm³/mol. The van der Waals surface area contributed by atoms with Crippen molar-refractivity contribution in [2.24, 2.45) is 0 Å². The van der Waals surface area contributed by atoms with E-state index in [1.165, 1.54) is 0 Å². The van der Waals surface area contributed by atoms with Gasteiger partial charge in [0.05, 0.1) is 0 Å². The summed E-state index contributed by atoms with van der Waals surface area (Å²) in [7, 11) is 0. The Labute approximate surface area is 116 Å². The molecular formula is C16H15NO3. The lowest BCUT2D eigenvalue weighted by molar-refractivity contribution is -0.121. The highest BCUT2D eigenvalue weighted by atomic mass is 16.6. The standard InChI is InChI=1S/C16H15NO3/c18-14-7-9-17(10-8-14)16(19)20-15-6-5-12-3-1-2-4-13(12)11-15/h1-6,11H,7-10H2. The molecule has 1 fully saturated rings. The van der Waals surface area contributed by atoms with Gasteiger partial charge in [0.2, 0.25) is 0 Å². The van der Waals surface area contributed by atoms with Gasteiger partial charge in [0.1, 0.15) is 11.5 Å². The van der Waals surface area contributed by atoms with E-state index in [0.717, 1.165) is 10.8 Å². The molecule has 0 N–H and O–H groups in total. The van der Waals surface area contributed by atoms with Crippen molar-refractivity contribution < 1.29 is 14.3 Å². The topological polar surface area (TPSA) is 46.6 Å². The first-order valence-electron chi connectivity index (χ1n) is 6.70. The first-order chi connectivity index (χ1) is 9.72. The molecule has 2 aromatic rings. The maximum absolute atomic E-state index is 12.0. The van der Waals surface area contributed by atoms with Crippen molar-refractivity contribution in [2.45, 2.75) is 12.8 Å². The first-order valence-corrected chi connectivity index (χ1v) is 6.70. The van der Waals surface area contributed by atoms with Gasteiger partial charge in [-0.05, 0) is 22.9 Å². The summed E-state index contributed by atoms with van der Waals surface area (Å²) in [5.74, 6) is 0.741. The van der Waals surface area contributed by atoms with E-state index in [0.29, 0.717) is 31.7 Å². The molecule has 1 aliphatic rings. The summed E-state index contributed by atoms with van der Waals surface area (Å²) in [4.78, 5) is 24.7. The van der Waals surface area contributed by atoms with Crippen LogP contribution in [0.1, 0.15) is 12.8 Å². The van der Waals surface area contributed by atoms with Gasteiger partial charge >= 0.3 is 6.09 Å². The van der Waals surface area contributed by atoms with Gasteiger partial charge in [-0.2, -0.15) is 0 Å². The van der Waals surface area contributed by atoms with Gasteiger partial charge in [0.15, 0.2) is 0 Å². The molecule has 20 heavy (non-hydrogen) atoms. The van der Waals surface area contributed by atoms with Crippen molar-refractivity contribution in [2.75, 3.05) is 13.1 Å². The molecule has 0 radical (unpaired) electrons. The summed E-state index contributed by atoms with van der Waals surface area (Å²) in [5, 5.41) is 2.14.